The first kappa shape index (κ1) is 13.0. The van der Waals surface area contributed by atoms with Gasteiger partial charge in [0.25, 0.3) is 0 Å². The first-order valence-electron chi connectivity index (χ1n) is 6.66. The zero-order chi connectivity index (χ0) is 11.3. The predicted octanol–water partition coefficient (Wildman–Crippen LogP) is 2.49. The lowest BCUT2D eigenvalue weighted by molar-refractivity contribution is 0.198. The van der Waals surface area contributed by atoms with Crippen LogP contribution in [0.5, 0.6) is 0 Å². The molecule has 90 valence electrons. The van der Waals surface area contributed by atoms with Crippen molar-refractivity contribution in [1.82, 2.24) is 10.2 Å². The van der Waals surface area contributed by atoms with Gasteiger partial charge in [0, 0.05) is 18.6 Å². The average molecular weight is 212 g/mol. The largest absolute Gasteiger partial charge is 0.313 e. The number of hydrogen-bond donors (Lipinski definition) is 1. The summed E-state index contributed by atoms with van der Waals surface area (Å²) in [6.07, 6.45) is 5.43. The van der Waals surface area contributed by atoms with Crippen LogP contribution in [0.3, 0.4) is 0 Å². The first-order chi connectivity index (χ1) is 7.22. The van der Waals surface area contributed by atoms with Gasteiger partial charge in [0.2, 0.25) is 0 Å². The van der Waals surface area contributed by atoms with Crippen molar-refractivity contribution in [3.63, 3.8) is 0 Å². The summed E-state index contributed by atoms with van der Waals surface area (Å²) in [6, 6.07) is 1.51. The lowest BCUT2D eigenvalue weighted by Crippen LogP contribution is -2.44. The molecule has 2 nitrogen and oxygen atoms in total. The first-order valence-corrected chi connectivity index (χ1v) is 6.66. The second kappa shape index (κ2) is 6.49. The topological polar surface area (TPSA) is 15.3 Å². The zero-order valence-corrected chi connectivity index (χ0v) is 10.9. The van der Waals surface area contributed by atoms with Gasteiger partial charge >= 0.3 is 0 Å². The Kier molecular flexibility index (Phi) is 5.62. The minimum atomic E-state index is 0.737. The van der Waals surface area contributed by atoms with E-state index in [1.54, 1.807) is 0 Å². The van der Waals surface area contributed by atoms with Crippen molar-refractivity contribution < 1.29 is 0 Å². The zero-order valence-electron chi connectivity index (χ0n) is 10.9. The van der Waals surface area contributed by atoms with Crippen molar-refractivity contribution in [1.29, 1.82) is 0 Å². The maximum absolute atomic E-state index is 3.64. The van der Waals surface area contributed by atoms with E-state index in [0.717, 1.165) is 24.5 Å². The Morgan fingerprint density at radius 3 is 2.20 bits per heavy atom. The second-order valence-corrected chi connectivity index (χ2v) is 4.91. The van der Waals surface area contributed by atoms with Crippen LogP contribution >= 0.6 is 0 Å². The summed E-state index contributed by atoms with van der Waals surface area (Å²) in [6.45, 7) is 9.14. The Morgan fingerprint density at radius 2 is 1.80 bits per heavy atom. The molecule has 0 aromatic rings. The highest BCUT2D eigenvalue weighted by Gasteiger charge is 2.31. The molecule has 0 radical (unpaired) electrons. The van der Waals surface area contributed by atoms with Gasteiger partial charge in [-0.2, -0.15) is 0 Å². The van der Waals surface area contributed by atoms with E-state index in [1.807, 2.05) is 0 Å². The van der Waals surface area contributed by atoms with E-state index >= 15 is 0 Å². The van der Waals surface area contributed by atoms with Crippen molar-refractivity contribution in [2.75, 3.05) is 20.1 Å². The molecule has 15 heavy (non-hydrogen) atoms. The van der Waals surface area contributed by atoms with Crippen molar-refractivity contribution in [3.05, 3.63) is 0 Å². The summed E-state index contributed by atoms with van der Waals surface area (Å²) in [4.78, 5) is 2.55. The second-order valence-electron chi connectivity index (χ2n) is 4.91. The molecule has 0 bridgehead atoms. The smallest absolute Gasteiger partial charge is 0.0223 e. The molecule has 1 atom stereocenters. The van der Waals surface area contributed by atoms with Crippen LogP contribution in [0.25, 0.3) is 0 Å². The highest BCUT2D eigenvalue weighted by atomic mass is 15.2. The third-order valence-electron chi connectivity index (χ3n) is 3.71. The van der Waals surface area contributed by atoms with Crippen LogP contribution in [0.1, 0.15) is 46.5 Å². The number of likely N-dealkylation sites (N-methyl/N-ethyl adjacent to an activating group) is 2. The monoisotopic (exact) mass is 212 g/mol. The summed E-state index contributed by atoms with van der Waals surface area (Å²) in [5, 5.41) is 3.64. The summed E-state index contributed by atoms with van der Waals surface area (Å²) in [5.74, 6) is 0.960. The summed E-state index contributed by atoms with van der Waals surface area (Å²) >= 11 is 0. The third kappa shape index (κ3) is 4.12. The van der Waals surface area contributed by atoms with Gasteiger partial charge < -0.3 is 10.2 Å². The molecule has 0 heterocycles. The molecule has 0 aliphatic heterocycles. The lowest BCUT2D eigenvalue weighted by atomic mass is 10.1. The van der Waals surface area contributed by atoms with E-state index in [-0.39, 0.29) is 0 Å². The Hall–Kier alpha value is -0.0800. The van der Waals surface area contributed by atoms with Crippen molar-refractivity contribution in [2.24, 2.45) is 5.92 Å². The molecule has 1 N–H and O–H groups in total. The number of rotatable bonds is 8. The lowest BCUT2D eigenvalue weighted by Gasteiger charge is -2.30. The fourth-order valence-electron chi connectivity index (χ4n) is 2.51. The minimum Gasteiger partial charge on any atom is -0.313 e. The molecule has 1 saturated carbocycles. The van der Waals surface area contributed by atoms with E-state index in [1.165, 1.54) is 32.2 Å². The highest BCUT2D eigenvalue weighted by Crippen LogP contribution is 2.33. The van der Waals surface area contributed by atoms with E-state index in [4.69, 9.17) is 0 Å². The molecular weight excluding hydrogens is 184 g/mol. The number of nitrogens with one attached hydrogen (secondary N) is 1. The molecule has 1 aliphatic carbocycles. The van der Waals surface area contributed by atoms with Gasteiger partial charge in [-0.1, -0.05) is 20.8 Å². The van der Waals surface area contributed by atoms with Crippen LogP contribution in [-0.4, -0.2) is 37.1 Å². The van der Waals surface area contributed by atoms with Crippen LogP contribution in [0.15, 0.2) is 0 Å². The van der Waals surface area contributed by atoms with Gasteiger partial charge in [-0.3, -0.25) is 0 Å². The minimum absolute atomic E-state index is 0.737. The molecule has 0 aromatic carbocycles. The maximum atomic E-state index is 3.64. The fraction of sp³-hybridized carbons (Fsp3) is 1.00. The summed E-state index contributed by atoms with van der Waals surface area (Å²) < 4.78 is 0. The van der Waals surface area contributed by atoms with E-state index in [9.17, 15) is 0 Å². The summed E-state index contributed by atoms with van der Waals surface area (Å²) in [7, 11) is 2.28. The Labute approximate surface area is 95.4 Å². The van der Waals surface area contributed by atoms with Crippen LogP contribution in [-0.2, 0) is 0 Å². The molecule has 0 spiro atoms. The Morgan fingerprint density at radius 1 is 1.20 bits per heavy atom. The van der Waals surface area contributed by atoms with Crippen LogP contribution in [0, 0.1) is 5.92 Å². The Balaban J connectivity index is 2.34. The molecule has 0 saturated heterocycles. The number of hydrogen-bond acceptors (Lipinski definition) is 2. The average Bonchev–Trinajstić information content (AvgIpc) is 3.02. The molecule has 2 heteroatoms. The van der Waals surface area contributed by atoms with Crippen molar-refractivity contribution in [2.45, 2.75) is 58.5 Å². The normalized spacial score (nSPS) is 18.8. The van der Waals surface area contributed by atoms with Gasteiger partial charge in [0.15, 0.2) is 0 Å². The van der Waals surface area contributed by atoms with Gasteiger partial charge in [0.1, 0.15) is 0 Å². The Bertz CT molecular complexity index is 162. The number of nitrogens with zero attached hydrogens (tertiary/aromatic N) is 1. The van der Waals surface area contributed by atoms with Crippen molar-refractivity contribution >= 4 is 0 Å². The standard InChI is InChI=1S/C13H28N2/c1-5-12(6-2)15(4)10-13(14-7-3)11-8-9-11/h11-14H,5-10H2,1-4H3. The van der Waals surface area contributed by atoms with E-state index < -0.39 is 0 Å². The molecule has 1 rings (SSSR count). The molecule has 0 aromatic heterocycles. The molecule has 0 amide bonds. The molecule has 1 aliphatic rings. The van der Waals surface area contributed by atoms with Crippen molar-refractivity contribution in [3.8, 4) is 0 Å². The van der Waals surface area contributed by atoms with E-state index in [2.05, 4.69) is 38.0 Å². The van der Waals surface area contributed by atoms with Crippen LogP contribution in [0.2, 0.25) is 0 Å². The molecule has 1 fully saturated rings. The van der Waals surface area contributed by atoms with Gasteiger partial charge in [0.05, 0.1) is 0 Å². The van der Waals surface area contributed by atoms with Crippen LogP contribution < -0.4 is 5.32 Å². The predicted molar refractivity (Wildman–Crippen MR) is 67.2 cm³/mol. The van der Waals surface area contributed by atoms with Crippen LogP contribution in [0.4, 0.5) is 0 Å². The molecule has 1 unspecified atom stereocenters. The fourth-order valence-corrected chi connectivity index (χ4v) is 2.51. The summed E-state index contributed by atoms with van der Waals surface area (Å²) in [5.41, 5.74) is 0. The van der Waals surface area contributed by atoms with Gasteiger partial charge in [-0.25, -0.2) is 0 Å². The van der Waals surface area contributed by atoms with Gasteiger partial charge in [-0.15, -0.1) is 0 Å². The van der Waals surface area contributed by atoms with E-state index in [0.29, 0.717) is 0 Å². The maximum Gasteiger partial charge on any atom is 0.0223 e. The quantitative estimate of drug-likeness (QED) is 0.665. The SMILES string of the molecule is CCNC(CN(C)C(CC)CC)C1CC1. The third-order valence-corrected chi connectivity index (χ3v) is 3.71. The molecular formula is C13H28N2. The van der Waals surface area contributed by atoms with Gasteiger partial charge in [-0.05, 0) is 45.2 Å². The highest BCUT2D eigenvalue weighted by molar-refractivity contribution is 4.88.